The summed E-state index contributed by atoms with van der Waals surface area (Å²) in [5.74, 6) is -0.0748. The van der Waals surface area contributed by atoms with E-state index >= 15 is 0 Å². The molecule has 2 heterocycles. The van der Waals surface area contributed by atoms with E-state index < -0.39 is 0 Å². The molecule has 0 aliphatic carbocycles. The van der Waals surface area contributed by atoms with Gasteiger partial charge in [-0.05, 0) is 63.3 Å². The molecule has 0 radical (unpaired) electrons. The van der Waals surface area contributed by atoms with Crippen LogP contribution in [0, 0.1) is 12.7 Å². The number of piperidine rings is 1. The molecule has 3 unspecified atom stereocenters. The van der Waals surface area contributed by atoms with Gasteiger partial charge >= 0.3 is 0 Å². The summed E-state index contributed by atoms with van der Waals surface area (Å²) in [6.07, 6.45) is 5.07. The molecule has 0 aromatic heterocycles. The summed E-state index contributed by atoms with van der Waals surface area (Å²) in [4.78, 5) is 2.65. The molecule has 116 valence electrons. The fourth-order valence-corrected chi connectivity index (χ4v) is 4.34. The smallest absolute Gasteiger partial charge is 0.126 e. The quantitative estimate of drug-likeness (QED) is 0.907. The van der Waals surface area contributed by atoms with Crippen LogP contribution in [0.4, 0.5) is 4.39 Å². The van der Waals surface area contributed by atoms with Gasteiger partial charge in [0.1, 0.15) is 5.82 Å². The average molecular weight is 290 g/mol. The van der Waals surface area contributed by atoms with Gasteiger partial charge in [0.15, 0.2) is 0 Å². The molecule has 2 saturated heterocycles. The summed E-state index contributed by atoms with van der Waals surface area (Å²) in [5, 5.41) is 3.61. The van der Waals surface area contributed by atoms with Gasteiger partial charge in [-0.15, -0.1) is 0 Å². The highest BCUT2D eigenvalue weighted by molar-refractivity contribution is 5.26. The van der Waals surface area contributed by atoms with Crippen molar-refractivity contribution in [2.24, 2.45) is 0 Å². The second kappa shape index (κ2) is 6.05. The number of rotatable bonds is 4. The number of benzene rings is 1. The minimum absolute atomic E-state index is 0.0748. The van der Waals surface area contributed by atoms with Crippen LogP contribution in [0.3, 0.4) is 0 Å². The minimum Gasteiger partial charge on any atom is -0.314 e. The van der Waals surface area contributed by atoms with Gasteiger partial charge in [-0.25, -0.2) is 4.39 Å². The zero-order valence-electron chi connectivity index (χ0n) is 13.4. The number of nitrogens with zero attached hydrogens (tertiary/aromatic N) is 1. The van der Waals surface area contributed by atoms with Crippen LogP contribution in [0.5, 0.6) is 0 Å². The third-order valence-electron chi connectivity index (χ3n) is 5.41. The van der Waals surface area contributed by atoms with Crippen molar-refractivity contribution in [1.29, 1.82) is 0 Å². The molecule has 2 aliphatic rings. The Morgan fingerprint density at radius 2 is 1.95 bits per heavy atom. The molecule has 3 rings (SSSR count). The predicted molar refractivity (Wildman–Crippen MR) is 84.9 cm³/mol. The fraction of sp³-hybridized carbons (Fsp3) is 0.667. The second-order valence-corrected chi connectivity index (χ2v) is 6.74. The summed E-state index contributed by atoms with van der Waals surface area (Å²) in [6, 6.07) is 8.05. The van der Waals surface area contributed by atoms with Crippen LogP contribution in [0.1, 0.15) is 56.7 Å². The molecule has 2 fully saturated rings. The van der Waals surface area contributed by atoms with Crippen LogP contribution >= 0.6 is 0 Å². The van der Waals surface area contributed by atoms with Crippen molar-refractivity contribution < 1.29 is 4.39 Å². The lowest BCUT2D eigenvalue weighted by atomic mass is 9.93. The highest BCUT2D eigenvalue weighted by Crippen LogP contribution is 2.41. The Labute approximate surface area is 127 Å². The Morgan fingerprint density at radius 1 is 1.29 bits per heavy atom. The van der Waals surface area contributed by atoms with Crippen LogP contribution in [0.2, 0.25) is 0 Å². The first-order valence-electron chi connectivity index (χ1n) is 8.37. The third-order valence-corrected chi connectivity index (χ3v) is 5.41. The Hall–Kier alpha value is -0.930. The molecule has 1 N–H and O–H groups in total. The molecular weight excluding hydrogens is 263 g/mol. The standard InChI is InChI=1S/C18H27FN2/c1-4-20-15-10-16-7-8-17(11-15)21(16)13(3)14-6-5-12(2)18(19)9-14/h5-6,9,13,15-17,20H,4,7-8,10-11H2,1-3H3. The number of hydrogen-bond donors (Lipinski definition) is 1. The van der Waals surface area contributed by atoms with E-state index in [0.29, 0.717) is 24.2 Å². The van der Waals surface area contributed by atoms with Gasteiger partial charge in [0.2, 0.25) is 0 Å². The van der Waals surface area contributed by atoms with Crippen molar-refractivity contribution in [3.05, 3.63) is 35.1 Å². The average Bonchev–Trinajstić information content (AvgIpc) is 2.73. The fourth-order valence-electron chi connectivity index (χ4n) is 4.34. The number of hydrogen-bond acceptors (Lipinski definition) is 2. The number of nitrogens with one attached hydrogen (secondary N) is 1. The first kappa shape index (κ1) is 15.0. The topological polar surface area (TPSA) is 15.3 Å². The molecule has 0 amide bonds. The van der Waals surface area contributed by atoms with Crippen molar-refractivity contribution in [3.8, 4) is 0 Å². The molecule has 1 aromatic carbocycles. The zero-order chi connectivity index (χ0) is 15.0. The van der Waals surface area contributed by atoms with E-state index in [1.165, 1.54) is 25.7 Å². The molecule has 2 aliphatic heterocycles. The predicted octanol–water partition coefficient (Wildman–Crippen LogP) is 3.80. The van der Waals surface area contributed by atoms with Gasteiger partial charge in [0.25, 0.3) is 0 Å². The maximum Gasteiger partial charge on any atom is 0.126 e. The van der Waals surface area contributed by atoms with E-state index in [4.69, 9.17) is 0 Å². The number of fused-ring (bicyclic) bond motifs is 2. The van der Waals surface area contributed by atoms with Crippen molar-refractivity contribution in [2.75, 3.05) is 6.54 Å². The lowest BCUT2D eigenvalue weighted by Crippen LogP contribution is -2.49. The van der Waals surface area contributed by atoms with Crippen molar-refractivity contribution in [1.82, 2.24) is 10.2 Å². The van der Waals surface area contributed by atoms with Gasteiger partial charge < -0.3 is 5.32 Å². The van der Waals surface area contributed by atoms with Crippen molar-refractivity contribution >= 4 is 0 Å². The van der Waals surface area contributed by atoms with Crippen LogP contribution in [0.15, 0.2) is 18.2 Å². The number of halogens is 1. The monoisotopic (exact) mass is 290 g/mol. The molecule has 0 spiro atoms. The zero-order valence-corrected chi connectivity index (χ0v) is 13.4. The van der Waals surface area contributed by atoms with Gasteiger partial charge in [-0.2, -0.15) is 0 Å². The summed E-state index contributed by atoms with van der Waals surface area (Å²) >= 11 is 0. The molecule has 0 saturated carbocycles. The third kappa shape index (κ3) is 2.86. The van der Waals surface area contributed by atoms with Crippen molar-refractivity contribution in [2.45, 2.75) is 70.6 Å². The Kier molecular flexibility index (Phi) is 4.32. The summed E-state index contributed by atoms with van der Waals surface area (Å²) in [5.41, 5.74) is 1.86. The SMILES string of the molecule is CCNC1CC2CCC(C1)N2C(C)c1ccc(C)c(F)c1. The van der Waals surface area contributed by atoms with Crippen LogP contribution in [-0.4, -0.2) is 29.6 Å². The first-order chi connectivity index (χ1) is 10.1. The minimum atomic E-state index is -0.0748. The molecule has 1 aromatic rings. The largest absolute Gasteiger partial charge is 0.314 e. The van der Waals surface area contributed by atoms with Crippen LogP contribution in [0.25, 0.3) is 0 Å². The summed E-state index contributed by atoms with van der Waals surface area (Å²) in [6.45, 7) is 7.31. The van der Waals surface area contributed by atoms with E-state index in [1.54, 1.807) is 6.07 Å². The van der Waals surface area contributed by atoms with Gasteiger partial charge in [0.05, 0.1) is 0 Å². The Bertz CT molecular complexity index is 488. The molecule has 3 heteroatoms. The Morgan fingerprint density at radius 3 is 2.52 bits per heavy atom. The Balaban J connectivity index is 1.76. The molecule has 2 bridgehead atoms. The van der Waals surface area contributed by atoms with Crippen LogP contribution < -0.4 is 5.32 Å². The van der Waals surface area contributed by atoms with E-state index in [2.05, 4.69) is 30.1 Å². The van der Waals surface area contributed by atoms with Gasteiger partial charge in [-0.1, -0.05) is 19.1 Å². The maximum atomic E-state index is 13.9. The van der Waals surface area contributed by atoms with Crippen LogP contribution in [-0.2, 0) is 0 Å². The second-order valence-electron chi connectivity index (χ2n) is 6.74. The molecule has 2 nitrogen and oxygen atoms in total. The normalized spacial score (nSPS) is 30.6. The highest BCUT2D eigenvalue weighted by atomic mass is 19.1. The molecular formula is C18H27FN2. The van der Waals surface area contributed by atoms with E-state index in [0.717, 1.165) is 17.7 Å². The lowest BCUT2D eigenvalue weighted by molar-refractivity contribution is 0.0774. The van der Waals surface area contributed by atoms with Crippen molar-refractivity contribution in [3.63, 3.8) is 0 Å². The van der Waals surface area contributed by atoms with E-state index in [-0.39, 0.29) is 5.82 Å². The van der Waals surface area contributed by atoms with Gasteiger partial charge in [0, 0.05) is 24.2 Å². The van der Waals surface area contributed by atoms with Gasteiger partial charge in [-0.3, -0.25) is 4.90 Å². The van der Waals surface area contributed by atoms with E-state index in [1.807, 2.05) is 13.0 Å². The van der Waals surface area contributed by atoms with E-state index in [9.17, 15) is 4.39 Å². The lowest BCUT2D eigenvalue weighted by Gasteiger charge is -2.43. The highest BCUT2D eigenvalue weighted by Gasteiger charge is 2.42. The maximum absolute atomic E-state index is 13.9. The summed E-state index contributed by atoms with van der Waals surface area (Å²) in [7, 11) is 0. The molecule has 21 heavy (non-hydrogen) atoms. The first-order valence-corrected chi connectivity index (χ1v) is 8.37. The number of aryl methyl sites for hydroxylation is 1. The summed E-state index contributed by atoms with van der Waals surface area (Å²) < 4.78 is 13.9. The molecule has 3 atom stereocenters.